The van der Waals surface area contributed by atoms with E-state index in [1.807, 2.05) is 19.1 Å². The second-order valence-corrected chi connectivity index (χ2v) is 6.69. The molecule has 3 N–H and O–H groups in total. The van der Waals surface area contributed by atoms with Gasteiger partial charge in [-0.25, -0.2) is 14.8 Å². The predicted octanol–water partition coefficient (Wildman–Crippen LogP) is 3.84. The first kappa shape index (κ1) is 18.8. The number of rotatable bonds is 4. The molecule has 4 rings (SSSR count). The maximum atomic E-state index is 13.0. The second-order valence-electron chi connectivity index (χ2n) is 6.28. The van der Waals surface area contributed by atoms with Gasteiger partial charge < -0.3 is 5.32 Å². The van der Waals surface area contributed by atoms with E-state index in [0.29, 0.717) is 11.4 Å². The van der Waals surface area contributed by atoms with Crippen LogP contribution in [0.15, 0.2) is 42.9 Å². The highest BCUT2D eigenvalue weighted by atomic mass is 35.5. The van der Waals surface area contributed by atoms with Gasteiger partial charge in [0.1, 0.15) is 11.5 Å². The second kappa shape index (κ2) is 7.80. The van der Waals surface area contributed by atoms with Crippen molar-refractivity contribution >= 4 is 34.4 Å². The number of urea groups is 1. The minimum absolute atomic E-state index is 0.0930. The summed E-state index contributed by atoms with van der Waals surface area (Å²) in [6.07, 6.45) is 4.64. The Bertz CT molecular complexity index is 1210. The molecule has 0 aliphatic carbocycles. The highest BCUT2D eigenvalue weighted by Crippen LogP contribution is 2.27. The summed E-state index contributed by atoms with van der Waals surface area (Å²) in [4.78, 5) is 24.1. The van der Waals surface area contributed by atoms with Gasteiger partial charge >= 0.3 is 6.03 Å². The van der Waals surface area contributed by atoms with Gasteiger partial charge in [0.05, 0.1) is 10.5 Å². The largest absolute Gasteiger partial charge is 0.334 e. The van der Waals surface area contributed by atoms with E-state index in [0.717, 1.165) is 33.9 Å². The number of hydrogen-bond acceptors (Lipinski definition) is 5. The van der Waals surface area contributed by atoms with Crippen molar-refractivity contribution in [2.45, 2.75) is 13.5 Å². The molecule has 8 nitrogen and oxygen atoms in total. The van der Waals surface area contributed by atoms with Crippen LogP contribution >= 0.6 is 11.6 Å². The van der Waals surface area contributed by atoms with E-state index in [2.05, 4.69) is 35.8 Å². The Hall–Kier alpha value is -3.59. The van der Waals surface area contributed by atoms with Crippen molar-refractivity contribution in [1.82, 2.24) is 30.5 Å². The van der Waals surface area contributed by atoms with E-state index in [9.17, 15) is 9.18 Å². The Balaban J connectivity index is 1.46. The summed E-state index contributed by atoms with van der Waals surface area (Å²) < 4.78 is 13.0. The molecule has 4 heterocycles. The van der Waals surface area contributed by atoms with E-state index in [1.54, 1.807) is 18.5 Å². The van der Waals surface area contributed by atoms with Gasteiger partial charge in [0.15, 0.2) is 0 Å². The molecular formula is C19H15ClFN7O. The monoisotopic (exact) mass is 411 g/mol. The third-order valence-corrected chi connectivity index (χ3v) is 4.55. The maximum absolute atomic E-state index is 13.0. The van der Waals surface area contributed by atoms with Gasteiger partial charge in [0.25, 0.3) is 0 Å². The number of anilines is 1. The molecule has 10 heteroatoms. The molecule has 0 saturated heterocycles. The van der Waals surface area contributed by atoms with E-state index in [-0.39, 0.29) is 11.6 Å². The van der Waals surface area contributed by atoms with Gasteiger partial charge in [0, 0.05) is 59.5 Å². The van der Waals surface area contributed by atoms with E-state index in [4.69, 9.17) is 11.6 Å². The molecule has 0 saturated carbocycles. The van der Waals surface area contributed by atoms with Crippen molar-refractivity contribution in [2.75, 3.05) is 5.32 Å². The lowest BCUT2D eigenvalue weighted by molar-refractivity contribution is 0.251. The molecule has 0 atom stereocenters. The lowest BCUT2D eigenvalue weighted by Gasteiger charge is -2.08. The van der Waals surface area contributed by atoms with Crippen LogP contribution in [-0.2, 0) is 6.54 Å². The Morgan fingerprint density at radius 1 is 1.21 bits per heavy atom. The van der Waals surface area contributed by atoms with Crippen LogP contribution < -0.4 is 10.6 Å². The molecule has 0 bridgehead atoms. The van der Waals surface area contributed by atoms with Crippen LogP contribution in [-0.4, -0.2) is 31.2 Å². The van der Waals surface area contributed by atoms with Crippen LogP contribution in [0.3, 0.4) is 0 Å². The molecule has 0 spiro atoms. The third-order valence-electron chi connectivity index (χ3n) is 4.19. The van der Waals surface area contributed by atoms with Crippen molar-refractivity contribution in [1.29, 1.82) is 0 Å². The molecule has 0 aliphatic heterocycles. The van der Waals surface area contributed by atoms with Crippen LogP contribution in [0.25, 0.3) is 22.2 Å². The predicted molar refractivity (Wildman–Crippen MR) is 107 cm³/mol. The van der Waals surface area contributed by atoms with Gasteiger partial charge in [-0.2, -0.15) is 9.49 Å². The normalized spacial score (nSPS) is 10.9. The summed E-state index contributed by atoms with van der Waals surface area (Å²) in [6, 6.07) is 6.10. The summed E-state index contributed by atoms with van der Waals surface area (Å²) in [6.45, 7) is 2.00. The molecule has 29 heavy (non-hydrogen) atoms. The number of pyridine rings is 3. The van der Waals surface area contributed by atoms with E-state index < -0.39 is 12.0 Å². The third kappa shape index (κ3) is 4.14. The van der Waals surface area contributed by atoms with Crippen LogP contribution in [0.2, 0.25) is 5.02 Å². The van der Waals surface area contributed by atoms with Gasteiger partial charge in [-0.1, -0.05) is 11.6 Å². The summed E-state index contributed by atoms with van der Waals surface area (Å²) in [5.74, 6) is -0.332. The molecule has 0 unspecified atom stereocenters. The Kier molecular flexibility index (Phi) is 5.05. The van der Waals surface area contributed by atoms with Crippen molar-refractivity contribution in [3.8, 4) is 11.3 Å². The number of amides is 2. The standard InChI is InChI=1S/C19H15ClFN7O/c1-10-4-11(2-3-22-10)18-13-9-24-17(6-15(13)27-28-18)26-19(29)25-8-12-7-23-16(21)5-14(12)20/h2-7,9H,8H2,1H3,(H,27,28)(H2,24,25,26,29). The van der Waals surface area contributed by atoms with Crippen molar-refractivity contribution in [3.05, 3.63) is 65.1 Å². The topological polar surface area (TPSA) is 108 Å². The van der Waals surface area contributed by atoms with Crippen molar-refractivity contribution in [2.24, 2.45) is 0 Å². The molecule has 146 valence electrons. The molecule has 2 amide bonds. The minimum Gasteiger partial charge on any atom is -0.334 e. The Morgan fingerprint density at radius 3 is 2.86 bits per heavy atom. The quantitative estimate of drug-likeness (QED) is 0.442. The lowest BCUT2D eigenvalue weighted by Crippen LogP contribution is -2.28. The highest BCUT2D eigenvalue weighted by molar-refractivity contribution is 6.31. The number of fused-ring (bicyclic) bond motifs is 1. The van der Waals surface area contributed by atoms with Gasteiger partial charge in [-0.05, 0) is 19.1 Å². The number of carbonyl (C=O) groups excluding carboxylic acids is 1. The van der Waals surface area contributed by atoms with Crippen LogP contribution in [0.1, 0.15) is 11.3 Å². The lowest BCUT2D eigenvalue weighted by atomic mass is 10.1. The zero-order valence-corrected chi connectivity index (χ0v) is 16.0. The fraction of sp³-hybridized carbons (Fsp3) is 0.105. The summed E-state index contributed by atoms with van der Waals surface area (Å²) in [7, 11) is 0. The highest BCUT2D eigenvalue weighted by Gasteiger charge is 2.12. The summed E-state index contributed by atoms with van der Waals surface area (Å²) in [5.41, 5.74) is 3.79. The molecule has 4 aromatic heterocycles. The molecule has 4 aromatic rings. The number of H-pyrrole nitrogens is 1. The first-order valence-corrected chi connectivity index (χ1v) is 8.99. The van der Waals surface area contributed by atoms with Crippen LogP contribution in [0, 0.1) is 12.9 Å². The fourth-order valence-electron chi connectivity index (χ4n) is 2.80. The number of carbonyl (C=O) groups is 1. The van der Waals surface area contributed by atoms with Crippen molar-refractivity contribution < 1.29 is 9.18 Å². The van der Waals surface area contributed by atoms with E-state index >= 15 is 0 Å². The number of hydrogen-bond donors (Lipinski definition) is 3. The maximum Gasteiger partial charge on any atom is 0.320 e. The first-order valence-electron chi connectivity index (χ1n) is 8.61. The summed E-state index contributed by atoms with van der Waals surface area (Å²) in [5, 5.41) is 13.6. The molecular weight excluding hydrogens is 397 g/mol. The Labute approximate surface area is 169 Å². The van der Waals surface area contributed by atoms with Crippen molar-refractivity contribution in [3.63, 3.8) is 0 Å². The minimum atomic E-state index is -0.679. The zero-order valence-electron chi connectivity index (χ0n) is 15.2. The molecule has 0 radical (unpaired) electrons. The van der Waals surface area contributed by atoms with Crippen LogP contribution in [0.4, 0.5) is 15.0 Å². The number of halogens is 2. The molecule has 0 aliphatic rings. The average Bonchev–Trinajstić information content (AvgIpc) is 3.10. The van der Waals surface area contributed by atoms with Gasteiger partial charge in [-0.3, -0.25) is 15.4 Å². The number of aryl methyl sites for hydroxylation is 1. The SMILES string of the molecule is Cc1cc(-c2n[nH]c3cc(NC(=O)NCc4cnc(F)cc4Cl)ncc23)ccn1. The van der Waals surface area contributed by atoms with Gasteiger partial charge in [0.2, 0.25) is 5.95 Å². The molecule has 0 fully saturated rings. The van der Waals surface area contributed by atoms with E-state index in [1.165, 1.54) is 6.20 Å². The number of aromatic amines is 1. The number of aromatic nitrogens is 5. The first-order chi connectivity index (χ1) is 14.0. The number of nitrogens with one attached hydrogen (secondary N) is 3. The zero-order chi connectivity index (χ0) is 20.4. The summed E-state index contributed by atoms with van der Waals surface area (Å²) >= 11 is 5.92. The number of nitrogens with zero attached hydrogens (tertiary/aromatic N) is 4. The van der Waals surface area contributed by atoms with Gasteiger partial charge in [-0.15, -0.1) is 0 Å². The molecule has 0 aromatic carbocycles. The smallest absolute Gasteiger partial charge is 0.320 e. The average molecular weight is 412 g/mol. The fourth-order valence-corrected chi connectivity index (χ4v) is 3.00. The Morgan fingerprint density at radius 2 is 2.07 bits per heavy atom. The van der Waals surface area contributed by atoms with Crippen LogP contribution in [0.5, 0.6) is 0 Å².